The first kappa shape index (κ1) is 25.4. The van der Waals surface area contributed by atoms with E-state index in [1.807, 2.05) is 13.8 Å². The molecule has 0 saturated heterocycles. The van der Waals surface area contributed by atoms with E-state index in [1.165, 1.54) is 24.3 Å². The van der Waals surface area contributed by atoms with Crippen LogP contribution >= 0.6 is 11.6 Å². The Kier molecular flexibility index (Phi) is 7.44. The van der Waals surface area contributed by atoms with Crippen molar-refractivity contribution < 1.29 is 31.1 Å². The molecule has 0 aliphatic heterocycles. The highest BCUT2D eigenvalue weighted by molar-refractivity contribution is 6.31. The monoisotopic (exact) mass is 504 g/mol. The Morgan fingerprint density at radius 3 is 2.38 bits per heavy atom. The van der Waals surface area contributed by atoms with Gasteiger partial charge in [-0.05, 0) is 43.7 Å². The predicted octanol–water partition coefficient (Wildman–Crippen LogP) is 7.67. The maximum absolute atomic E-state index is 13.2. The molecule has 0 radical (unpaired) electrons. The fourth-order valence-corrected chi connectivity index (χ4v) is 3.09. The number of benzene rings is 2. The molecule has 0 unspecified atom stereocenters. The van der Waals surface area contributed by atoms with E-state index < -0.39 is 28.9 Å². The first-order valence-electron chi connectivity index (χ1n) is 9.99. The van der Waals surface area contributed by atoms with Crippen LogP contribution < -0.4 is 15.4 Å². The van der Waals surface area contributed by atoms with Crippen molar-refractivity contribution in [3.05, 3.63) is 59.1 Å². The lowest BCUT2D eigenvalue weighted by Gasteiger charge is -2.16. The molecule has 3 aromatic rings. The highest BCUT2D eigenvalue weighted by atomic mass is 35.5. The summed E-state index contributed by atoms with van der Waals surface area (Å²) in [5.41, 5.74) is -0.458. The lowest BCUT2D eigenvalue weighted by atomic mass is 10.1. The first-order chi connectivity index (χ1) is 15.8. The topological polar surface area (TPSA) is 59.1 Å². The molecule has 0 fully saturated rings. The zero-order valence-corrected chi connectivity index (χ0v) is 18.6. The van der Waals surface area contributed by atoms with E-state index in [2.05, 4.69) is 25.3 Å². The molecule has 1 atom stereocenters. The number of hydrogen-bond acceptors (Lipinski definition) is 5. The summed E-state index contributed by atoms with van der Waals surface area (Å²) in [6.07, 6.45) is -8.81. The van der Waals surface area contributed by atoms with Crippen LogP contribution in [0.4, 0.5) is 43.8 Å². The summed E-state index contributed by atoms with van der Waals surface area (Å²) in [7, 11) is 0. The third kappa shape index (κ3) is 6.89. The van der Waals surface area contributed by atoms with Gasteiger partial charge in [-0.1, -0.05) is 30.7 Å². The van der Waals surface area contributed by atoms with Crippen LogP contribution in [0.25, 0.3) is 11.3 Å². The maximum Gasteiger partial charge on any atom is 0.573 e. The Bertz CT molecular complexity index is 1150. The molecule has 2 N–H and O–H groups in total. The Morgan fingerprint density at radius 1 is 1.00 bits per heavy atom. The van der Waals surface area contributed by atoms with Crippen molar-refractivity contribution in [2.45, 2.75) is 38.8 Å². The molecule has 0 saturated carbocycles. The lowest BCUT2D eigenvalue weighted by Crippen LogP contribution is -2.17. The van der Waals surface area contributed by atoms with E-state index in [0.29, 0.717) is 0 Å². The van der Waals surface area contributed by atoms with Crippen LogP contribution in [0.1, 0.15) is 25.8 Å². The van der Waals surface area contributed by atoms with Crippen molar-refractivity contribution in [1.82, 2.24) is 9.97 Å². The summed E-state index contributed by atoms with van der Waals surface area (Å²) < 4.78 is 81.5. The Balaban J connectivity index is 2.01. The van der Waals surface area contributed by atoms with Gasteiger partial charge in [-0.15, -0.1) is 13.2 Å². The molecule has 0 amide bonds. The second kappa shape index (κ2) is 9.96. The average molecular weight is 505 g/mol. The third-order valence-electron chi connectivity index (χ3n) is 4.62. The van der Waals surface area contributed by atoms with Crippen molar-refractivity contribution in [3.63, 3.8) is 0 Å². The molecule has 34 heavy (non-hydrogen) atoms. The number of aromatic nitrogens is 2. The van der Waals surface area contributed by atoms with Crippen LogP contribution in [-0.4, -0.2) is 22.4 Å². The molecular formula is C22H19ClF6N4O. The fourth-order valence-electron chi connectivity index (χ4n) is 2.87. The molecule has 5 nitrogen and oxygen atoms in total. The second-order valence-electron chi connectivity index (χ2n) is 7.31. The Morgan fingerprint density at radius 2 is 1.74 bits per heavy atom. The van der Waals surface area contributed by atoms with Gasteiger partial charge in [0.05, 0.1) is 16.3 Å². The fraction of sp³-hybridized carbons (Fsp3) is 0.273. The average Bonchev–Trinajstić information content (AvgIpc) is 2.73. The number of nitrogens with one attached hydrogen (secondary N) is 2. The highest BCUT2D eigenvalue weighted by Crippen LogP contribution is 2.37. The van der Waals surface area contributed by atoms with Crippen molar-refractivity contribution in [2.75, 3.05) is 10.6 Å². The zero-order chi connectivity index (χ0) is 25.1. The SMILES string of the molecule is CC[C@@H](C)Nc1nc(Nc2ccc(Cl)c(C(F)(F)F)c2)cc(-c2cccc(OC(F)(F)F)c2)n1. The van der Waals surface area contributed by atoms with Crippen molar-refractivity contribution in [3.8, 4) is 17.0 Å². The molecule has 0 spiro atoms. The van der Waals surface area contributed by atoms with E-state index in [-0.39, 0.29) is 34.8 Å². The molecule has 1 heterocycles. The predicted molar refractivity (Wildman–Crippen MR) is 117 cm³/mol. The summed E-state index contributed by atoms with van der Waals surface area (Å²) >= 11 is 5.67. The van der Waals surface area contributed by atoms with E-state index in [0.717, 1.165) is 30.7 Å². The molecule has 0 aliphatic rings. The van der Waals surface area contributed by atoms with E-state index >= 15 is 0 Å². The van der Waals surface area contributed by atoms with Crippen LogP contribution in [0.5, 0.6) is 5.75 Å². The quantitative estimate of drug-likeness (QED) is 0.323. The molecule has 3 rings (SSSR count). The number of nitrogens with zero attached hydrogens (tertiary/aromatic N) is 2. The smallest absolute Gasteiger partial charge is 0.406 e. The molecule has 182 valence electrons. The molecule has 0 aliphatic carbocycles. The summed E-state index contributed by atoms with van der Waals surface area (Å²) in [6.45, 7) is 3.79. The number of ether oxygens (including phenoxy) is 1. The third-order valence-corrected chi connectivity index (χ3v) is 4.95. The van der Waals surface area contributed by atoms with Gasteiger partial charge in [0, 0.05) is 23.4 Å². The normalized spacial score (nSPS) is 12.9. The van der Waals surface area contributed by atoms with E-state index in [4.69, 9.17) is 11.6 Å². The van der Waals surface area contributed by atoms with Gasteiger partial charge in [-0.2, -0.15) is 18.2 Å². The number of halogens is 7. The minimum atomic E-state index is -4.87. The largest absolute Gasteiger partial charge is 0.573 e. The Labute approximate surface area is 196 Å². The van der Waals surface area contributed by atoms with Gasteiger partial charge in [-0.25, -0.2) is 4.98 Å². The highest BCUT2D eigenvalue weighted by Gasteiger charge is 2.33. The van der Waals surface area contributed by atoms with Crippen LogP contribution in [0, 0.1) is 0 Å². The minimum absolute atomic E-state index is 0.0460. The van der Waals surface area contributed by atoms with Crippen LogP contribution in [0.2, 0.25) is 5.02 Å². The number of anilines is 3. The van der Waals surface area contributed by atoms with E-state index in [9.17, 15) is 26.3 Å². The summed E-state index contributed by atoms with van der Waals surface area (Å²) in [5.74, 6) is -0.183. The molecule has 2 aromatic carbocycles. The van der Waals surface area contributed by atoms with Gasteiger partial charge in [-0.3, -0.25) is 0 Å². The van der Waals surface area contributed by atoms with Crippen LogP contribution in [-0.2, 0) is 6.18 Å². The summed E-state index contributed by atoms with van der Waals surface area (Å²) in [4.78, 5) is 8.62. The lowest BCUT2D eigenvalue weighted by molar-refractivity contribution is -0.274. The maximum atomic E-state index is 13.2. The second-order valence-corrected chi connectivity index (χ2v) is 7.72. The van der Waals surface area contributed by atoms with Gasteiger partial charge < -0.3 is 15.4 Å². The summed E-state index contributed by atoms with van der Waals surface area (Å²) in [5, 5.41) is 5.37. The van der Waals surface area contributed by atoms with Gasteiger partial charge in [0.25, 0.3) is 0 Å². The molecule has 12 heteroatoms. The number of alkyl halides is 6. The van der Waals surface area contributed by atoms with Crippen molar-refractivity contribution in [2.24, 2.45) is 0 Å². The Hall–Kier alpha value is -3.21. The standard InChI is InChI=1S/C22H19ClF6N4O/c1-3-12(2)30-20-32-18(13-5-4-6-15(9-13)34-22(27,28)29)11-19(33-20)31-14-7-8-17(23)16(10-14)21(24,25)26/h4-12H,3H2,1-2H3,(H2,30,31,32,33)/t12-/m1/s1. The van der Waals surface area contributed by atoms with Crippen molar-refractivity contribution >= 4 is 29.1 Å². The number of rotatable bonds is 7. The van der Waals surface area contributed by atoms with E-state index in [1.54, 1.807) is 0 Å². The van der Waals surface area contributed by atoms with Crippen LogP contribution in [0.15, 0.2) is 48.5 Å². The van der Waals surface area contributed by atoms with Gasteiger partial charge in [0.2, 0.25) is 5.95 Å². The van der Waals surface area contributed by atoms with Gasteiger partial charge in [0.1, 0.15) is 11.6 Å². The minimum Gasteiger partial charge on any atom is -0.406 e. The molecule has 1 aromatic heterocycles. The van der Waals surface area contributed by atoms with Crippen molar-refractivity contribution in [1.29, 1.82) is 0 Å². The molecule has 0 bridgehead atoms. The zero-order valence-electron chi connectivity index (χ0n) is 17.9. The first-order valence-corrected chi connectivity index (χ1v) is 10.4. The van der Waals surface area contributed by atoms with Gasteiger partial charge in [0.15, 0.2) is 0 Å². The molecular weight excluding hydrogens is 486 g/mol. The number of hydrogen-bond donors (Lipinski definition) is 2. The van der Waals surface area contributed by atoms with Crippen LogP contribution in [0.3, 0.4) is 0 Å². The summed E-state index contributed by atoms with van der Waals surface area (Å²) in [6, 6.07) is 9.81. The van der Waals surface area contributed by atoms with Gasteiger partial charge >= 0.3 is 12.5 Å².